The lowest BCUT2D eigenvalue weighted by atomic mass is 10.3. The van der Waals surface area contributed by atoms with E-state index < -0.39 is 0 Å². The van der Waals surface area contributed by atoms with Gasteiger partial charge in [0, 0.05) is 11.9 Å². The largest absolute Gasteiger partial charge is 0.398 e. The fourth-order valence-electron chi connectivity index (χ4n) is 0.353. The van der Waals surface area contributed by atoms with Gasteiger partial charge in [0.15, 0.2) is 0 Å². The van der Waals surface area contributed by atoms with Crippen molar-refractivity contribution in [2.75, 3.05) is 0 Å². The summed E-state index contributed by atoms with van der Waals surface area (Å²) in [5.74, 6) is 0. The highest BCUT2D eigenvalue weighted by Gasteiger charge is 1.86. The molecule has 0 fully saturated rings. The number of nitrogens with zero attached hydrogens (tertiary/aromatic N) is 1. The first-order valence-electron chi connectivity index (χ1n) is 3.32. The molecule has 56 valence electrons. The number of allylic oxidation sites excluding steroid dienone is 2. The number of hydrogen-bond donors (Lipinski definition) is 1. The van der Waals surface area contributed by atoms with E-state index in [-0.39, 0.29) is 0 Å². The van der Waals surface area contributed by atoms with Crippen LogP contribution in [0.25, 0.3) is 0 Å². The van der Waals surface area contributed by atoms with Gasteiger partial charge in [-0.1, -0.05) is 19.6 Å². The van der Waals surface area contributed by atoms with Gasteiger partial charge in [-0.05, 0) is 13.3 Å². The van der Waals surface area contributed by atoms with Crippen LogP contribution in [-0.4, -0.2) is 5.71 Å². The summed E-state index contributed by atoms with van der Waals surface area (Å²) in [6.07, 6.45) is 4.70. The Balaban J connectivity index is 3.92. The Morgan fingerprint density at radius 3 is 2.70 bits per heavy atom. The van der Waals surface area contributed by atoms with Crippen molar-refractivity contribution in [3.05, 3.63) is 24.6 Å². The summed E-state index contributed by atoms with van der Waals surface area (Å²) < 4.78 is 0. The molecule has 0 atom stereocenters. The molecule has 0 aromatic carbocycles. The molecule has 0 aromatic heterocycles. The maximum absolute atomic E-state index is 5.36. The molecule has 0 rings (SSSR count). The average molecular weight is 138 g/mol. The molecule has 0 aliphatic carbocycles. The highest BCUT2D eigenvalue weighted by atomic mass is 14.7. The molecule has 0 aliphatic rings. The zero-order valence-corrected chi connectivity index (χ0v) is 6.59. The first kappa shape index (κ1) is 8.95. The van der Waals surface area contributed by atoms with Crippen molar-refractivity contribution in [3.8, 4) is 0 Å². The molecule has 0 heterocycles. The highest BCUT2D eigenvalue weighted by molar-refractivity contribution is 5.97. The van der Waals surface area contributed by atoms with Gasteiger partial charge in [0.2, 0.25) is 0 Å². The van der Waals surface area contributed by atoms with E-state index in [0.29, 0.717) is 5.70 Å². The van der Waals surface area contributed by atoms with E-state index in [9.17, 15) is 0 Å². The number of hydrogen-bond acceptors (Lipinski definition) is 2. The molecule has 0 saturated carbocycles. The second-order valence-electron chi connectivity index (χ2n) is 2.03. The Bertz CT molecular complexity index is 166. The van der Waals surface area contributed by atoms with Crippen molar-refractivity contribution in [1.82, 2.24) is 0 Å². The first-order valence-corrected chi connectivity index (χ1v) is 3.32. The molecule has 10 heavy (non-hydrogen) atoms. The third kappa shape index (κ3) is 3.89. The summed E-state index contributed by atoms with van der Waals surface area (Å²) in [5.41, 5.74) is 6.67. The van der Waals surface area contributed by atoms with Gasteiger partial charge in [0.05, 0.1) is 5.71 Å². The molecule has 2 heteroatoms. The fraction of sp³-hybridized carbons (Fsp3) is 0.375. The van der Waals surface area contributed by atoms with Crippen LogP contribution in [0.2, 0.25) is 0 Å². The maximum atomic E-state index is 5.36. The van der Waals surface area contributed by atoms with Gasteiger partial charge in [-0.25, -0.2) is 0 Å². The SMILES string of the molecule is C=C(N)/C(C)=N/C=C\CC. The van der Waals surface area contributed by atoms with Crippen LogP contribution in [0.15, 0.2) is 29.5 Å². The molecule has 0 unspecified atom stereocenters. The van der Waals surface area contributed by atoms with Gasteiger partial charge in [-0.2, -0.15) is 0 Å². The van der Waals surface area contributed by atoms with Gasteiger partial charge in [0.25, 0.3) is 0 Å². The van der Waals surface area contributed by atoms with E-state index in [1.807, 2.05) is 13.0 Å². The standard InChI is InChI=1S/C8H14N2/c1-4-5-6-10-8(3)7(2)9/h5-6H,2,4,9H2,1,3H3/b6-5-,10-8+. The number of nitrogens with two attached hydrogens (primary N) is 1. The van der Waals surface area contributed by atoms with Crippen LogP contribution in [-0.2, 0) is 0 Å². The van der Waals surface area contributed by atoms with Crippen molar-refractivity contribution < 1.29 is 0 Å². The molecule has 0 aromatic rings. The van der Waals surface area contributed by atoms with Crippen LogP contribution in [0.5, 0.6) is 0 Å². The Labute approximate surface area is 62.1 Å². The second-order valence-corrected chi connectivity index (χ2v) is 2.03. The molecular weight excluding hydrogens is 124 g/mol. The lowest BCUT2D eigenvalue weighted by Gasteiger charge is -1.92. The van der Waals surface area contributed by atoms with Gasteiger partial charge < -0.3 is 5.73 Å². The highest BCUT2D eigenvalue weighted by Crippen LogP contribution is 1.87. The summed E-state index contributed by atoms with van der Waals surface area (Å²) in [6.45, 7) is 7.44. The van der Waals surface area contributed by atoms with Gasteiger partial charge in [-0.3, -0.25) is 4.99 Å². The topological polar surface area (TPSA) is 38.4 Å². The van der Waals surface area contributed by atoms with E-state index in [0.717, 1.165) is 12.1 Å². The minimum Gasteiger partial charge on any atom is -0.398 e. The smallest absolute Gasteiger partial charge is 0.0595 e. The van der Waals surface area contributed by atoms with Gasteiger partial charge in [0.1, 0.15) is 0 Å². The average Bonchev–Trinajstić information content (AvgIpc) is 1.88. The van der Waals surface area contributed by atoms with Crippen LogP contribution < -0.4 is 5.73 Å². The van der Waals surface area contributed by atoms with Crippen LogP contribution >= 0.6 is 0 Å². The van der Waals surface area contributed by atoms with Crippen molar-refractivity contribution in [2.24, 2.45) is 10.7 Å². The maximum Gasteiger partial charge on any atom is 0.0595 e. The molecule has 0 bridgehead atoms. The van der Waals surface area contributed by atoms with Gasteiger partial charge >= 0.3 is 0 Å². The zero-order valence-electron chi connectivity index (χ0n) is 6.59. The Kier molecular flexibility index (Phi) is 4.29. The number of aliphatic imine (C=N–C) groups is 1. The quantitative estimate of drug-likeness (QED) is 0.594. The van der Waals surface area contributed by atoms with E-state index in [4.69, 9.17) is 5.73 Å². The molecule has 0 radical (unpaired) electrons. The van der Waals surface area contributed by atoms with E-state index in [1.165, 1.54) is 0 Å². The lowest BCUT2D eigenvalue weighted by molar-refractivity contribution is 1.21. The van der Waals surface area contributed by atoms with Crippen LogP contribution in [0.4, 0.5) is 0 Å². The summed E-state index contributed by atoms with van der Waals surface area (Å²) >= 11 is 0. The third-order valence-corrected chi connectivity index (χ3v) is 1.07. The van der Waals surface area contributed by atoms with Crippen molar-refractivity contribution in [3.63, 3.8) is 0 Å². The first-order chi connectivity index (χ1) is 4.68. The molecule has 0 saturated heterocycles. The minimum absolute atomic E-state index is 0.528. The Hall–Kier alpha value is -1.05. The van der Waals surface area contributed by atoms with Crippen molar-refractivity contribution >= 4 is 5.71 Å². The minimum atomic E-state index is 0.528. The van der Waals surface area contributed by atoms with Crippen molar-refractivity contribution in [1.29, 1.82) is 0 Å². The summed E-state index contributed by atoms with van der Waals surface area (Å²) in [7, 11) is 0. The summed E-state index contributed by atoms with van der Waals surface area (Å²) in [4.78, 5) is 4.02. The molecular formula is C8H14N2. The van der Waals surface area contributed by atoms with Crippen LogP contribution in [0, 0.1) is 0 Å². The Morgan fingerprint density at radius 1 is 1.70 bits per heavy atom. The lowest BCUT2D eigenvalue weighted by Crippen LogP contribution is -2.04. The van der Waals surface area contributed by atoms with E-state index in [2.05, 4.69) is 18.5 Å². The predicted octanol–water partition coefficient (Wildman–Crippen LogP) is 1.84. The summed E-state index contributed by atoms with van der Waals surface area (Å²) in [6, 6.07) is 0. The van der Waals surface area contributed by atoms with Crippen molar-refractivity contribution in [2.45, 2.75) is 20.3 Å². The number of rotatable bonds is 3. The van der Waals surface area contributed by atoms with E-state index in [1.54, 1.807) is 6.20 Å². The zero-order chi connectivity index (χ0) is 7.98. The van der Waals surface area contributed by atoms with Crippen LogP contribution in [0.1, 0.15) is 20.3 Å². The molecule has 2 N–H and O–H groups in total. The molecule has 0 spiro atoms. The van der Waals surface area contributed by atoms with Gasteiger partial charge in [-0.15, -0.1) is 0 Å². The second kappa shape index (κ2) is 4.79. The molecule has 2 nitrogen and oxygen atoms in total. The summed E-state index contributed by atoms with van der Waals surface area (Å²) in [5, 5.41) is 0. The fourth-order valence-corrected chi connectivity index (χ4v) is 0.353. The normalized spacial score (nSPS) is 12.4. The van der Waals surface area contributed by atoms with E-state index >= 15 is 0 Å². The third-order valence-electron chi connectivity index (χ3n) is 1.07. The molecule has 0 amide bonds. The molecule has 0 aliphatic heterocycles. The van der Waals surface area contributed by atoms with Crippen LogP contribution in [0.3, 0.4) is 0 Å². The Morgan fingerprint density at radius 2 is 2.30 bits per heavy atom. The monoisotopic (exact) mass is 138 g/mol. The predicted molar refractivity (Wildman–Crippen MR) is 45.9 cm³/mol.